The minimum absolute atomic E-state index is 0.219. The Balaban J connectivity index is 1.93. The molecule has 0 radical (unpaired) electrons. The van der Waals surface area contributed by atoms with Gasteiger partial charge in [0.25, 0.3) is 11.8 Å². The zero-order chi connectivity index (χ0) is 19.8. The molecule has 0 heterocycles. The highest BCUT2D eigenvalue weighted by atomic mass is 32.2. The van der Waals surface area contributed by atoms with Crippen LogP contribution in [0.2, 0.25) is 0 Å². The average molecular weight is 388 g/mol. The molecule has 2 N–H and O–H groups in total. The van der Waals surface area contributed by atoms with Gasteiger partial charge in [-0.2, -0.15) is 0 Å². The number of esters is 1. The third-order valence-corrected chi connectivity index (χ3v) is 4.35. The molecule has 0 unspecified atom stereocenters. The summed E-state index contributed by atoms with van der Waals surface area (Å²) in [5, 5.41) is 5.11. The second kappa shape index (κ2) is 9.63. The van der Waals surface area contributed by atoms with Crippen LogP contribution in [0.15, 0.2) is 47.4 Å². The van der Waals surface area contributed by atoms with Crippen LogP contribution in [0.3, 0.4) is 0 Å². The maximum atomic E-state index is 12.2. The van der Waals surface area contributed by atoms with Gasteiger partial charge in [0.05, 0.1) is 7.11 Å². The van der Waals surface area contributed by atoms with Gasteiger partial charge >= 0.3 is 5.97 Å². The molecule has 2 aromatic carbocycles. The molecule has 0 atom stereocenters. The fourth-order valence-electron chi connectivity index (χ4n) is 2.22. The number of rotatable bonds is 7. The Morgan fingerprint density at radius 3 is 2.37 bits per heavy atom. The van der Waals surface area contributed by atoms with Crippen LogP contribution < -0.4 is 15.4 Å². The molecule has 0 aromatic heterocycles. The summed E-state index contributed by atoms with van der Waals surface area (Å²) in [5.41, 5.74) is 1.21. The van der Waals surface area contributed by atoms with Crippen molar-refractivity contribution in [1.29, 1.82) is 0 Å². The topological polar surface area (TPSA) is 93.7 Å². The standard InChI is InChI=1S/C19H20N2O5S/c1-20-18(23)12-4-6-13(7-5-12)21-17(22)11-26-19(24)15-9-8-14(27-3)10-16(15)25-2/h4-10H,11H2,1-3H3,(H,20,23)(H,21,22). The summed E-state index contributed by atoms with van der Waals surface area (Å²) in [6.45, 7) is -0.441. The highest BCUT2D eigenvalue weighted by Gasteiger charge is 2.16. The average Bonchev–Trinajstić information content (AvgIpc) is 2.71. The minimum atomic E-state index is -0.649. The van der Waals surface area contributed by atoms with Crippen molar-refractivity contribution in [3.05, 3.63) is 53.6 Å². The summed E-state index contributed by atoms with van der Waals surface area (Å²) in [7, 11) is 3.00. The van der Waals surface area contributed by atoms with E-state index >= 15 is 0 Å². The number of hydrogen-bond acceptors (Lipinski definition) is 6. The second-order valence-electron chi connectivity index (χ2n) is 5.35. The first kappa shape index (κ1) is 20.3. The number of hydrogen-bond donors (Lipinski definition) is 2. The lowest BCUT2D eigenvalue weighted by atomic mass is 10.2. The summed E-state index contributed by atoms with van der Waals surface area (Å²) in [5.74, 6) is -0.972. The predicted molar refractivity (Wildman–Crippen MR) is 104 cm³/mol. The summed E-state index contributed by atoms with van der Waals surface area (Å²) in [6, 6.07) is 11.5. The SMILES string of the molecule is CNC(=O)c1ccc(NC(=O)COC(=O)c2ccc(SC)cc2OC)cc1. The zero-order valence-corrected chi connectivity index (χ0v) is 16.0. The van der Waals surface area contributed by atoms with Gasteiger partial charge < -0.3 is 20.1 Å². The normalized spacial score (nSPS) is 10.0. The third kappa shape index (κ3) is 5.49. The molecule has 0 saturated heterocycles. The van der Waals surface area contributed by atoms with Crippen LogP contribution in [0.4, 0.5) is 5.69 Å². The Hall–Kier alpha value is -3.00. The number of ether oxygens (including phenoxy) is 2. The first-order valence-electron chi connectivity index (χ1n) is 7.99. The summed E-state index contributed by atoms with van der Waals surface area (Å²) < 4.78 is 10.3. The van der Waals surface area contributed by atoms with Gasteiger partial charge in [-0.25, -0.2) is 4.79 Å². The Morgan fingerprint density at radius 2 is 1.78 bits per heavy atom. The van der Waals surface area contributed by atoms with E-state index in [0.29, 0.717) is 17.0 Å². The molecular weight excluding hydrogens is 368 g/mol. The molecular formula is C19H20N2O5S. The van der Waals surface area contributed by atoms with E-state index in [1.54, 1.807) is 42.5 Å². The molecule has 0 saturated carbocycles. The Bertz CT molecular complexity index is 836. The van der Waals surface area contributed by atoms with Crippen LogP contribution in [0.5, 0.6) is 5.75 Å². The lowest BCUT2D eigenvalue weighted by molar-refractivity contribution is -0.119. The van der Waals surface area contributed by atoms with Crippen LogP contribution in [0, 0.1) is 0 Å². The van der Waals surface area contributed by atoms with E-state index in [1.165, 1.54) is 25.9 Å². The largest absolute Gasteiger partial charge is 0.496 e. The van der Waals surface area contributed by atoms with Gasteiger partial charge in [0.1, 0.15) is 11.3 Å². The van der Waals surface area contributed by atoms with E-state index < -0.39 is 18.5 Å². The minimum Gasteiger partial charge on any atom is -0.496 e. The van der Waals surface area contributed by atoms with Crippen LogP contribution >= 0.6 is 11.8 Å². The van der Waals surface area contributed by atoms with Crippen molar-refractivity contribution in [2.45, 2.75) is 4.90 Å². The molecule has 2 amide bonds. The second-order valence-corrected chi connectivity index (χ2v) is 6.23. The lowest BCUT2D eigenvalue weighted by Crippen LogP contribution is -2.21. The number of methoxy groups -OCH3 is 1. The molecule has 0 aliphatic heterocycles. The molecule has 27 heavy (non-hydrogen) atoms. The molecule has 7 nitrogen and oxygen atoms in total. The molecule has 2 rings (SSSR count). The Kier molecular flexibility index (Phi) is 7.25. The van der Waals surface area contributed by atoms with Crippen LogP contribution in [0.1, 0.15) is 20.7 Å². The van der Waals surface area contributed by atoms with Crippen LogP contribution in [0.25, 0.3) is 0 Å². The molecule has 0 aliphatic rings. The van der Waals surface area contributed by atoms with Crippen molar-refractivity contribution in [1.82, 2.24) is 5.32 Å². The van der Waals surface area contributed by atoms with E-state index in [9.17, 15) is 14.4 Å². The van der Waals surface area contributed by atoms with Crippen molar-refractivity contribution in [2.24, 2.45) is 0 Å². The number of carbonyl (C=O) groups excluding carboxylic acids is 3. The van der Waals surface area contributed by atoms with E-state index in [4.69, 9.17) is 9.47 Å². The van der Waals surface area contributed by atoms with Crippen LogP contribution in [-0.2, 0) is 9.53 Å². The van der Waals surface area contributed by atoms with Gasteiger partial charge in [0, 0.05) is 23.2 Å². The van der Waals surface area contributed by atoms with E-state index in [-0.39, 0.29) is 11.5 Å². The molecule has 142 valence electrons. The highest BCUT2D eigenvalue weighted by Crippen LogP contribution is 2.25. The lowest BCUT2D eigenvalue weighted by Gasteiger charge is -2.10. The van der Waals surface area contributed by atoms with Crippen molar-refractivity contribution < 1.29 is 23.9 Å². The molecule has 8 heteroatoms. The fourth-order valence-corrected chi connectivity index (χ4v) is 2.65. The number of carbonyl (C=O) groups is 3. The van der Waals surface area contributed by atoms with E-state index in [2.05, 4.69) is 10.6 Å². The number of thioether (sulfide) groups is 1. The Labute approximate surface area is 161 Å². The van der Waals surface area contributed by atoms with Gasteiger partial charge in [0.15, 0.2) is 6.61 Å². The molecule has 0 bridgehead atoms. The smallest absolute Gasteiger partial charge is 0.342 e. The number of anilines is 1. The number of amides is 2. The molecule has 2 aromatic rings. The van der Waals surface area contributed by atoms with Crippen molar-refractivity contribution in [3.8, 4) is 5.75 Å². The monoisotopic (exact) mass is 388 g/mol. The zero-order valence-electron chi connectivity index (χ0n) is 15.2. The van der Waals surface area contributed by atoms with Gasteiger partial charge in [-0.1, -0.05) is 0 Å². The molecule has 0 spiro atoms. The first-order valence-corrected chi connectivity index (χ1v) is 9.22. The van der Waals surface area contributed by atoms with E-state index in [1.807, 2.05) is 6.26 Å². The fraction of sp³-hybridized carbons (Fsp3) is 0.211. The predicted octanol–water partition coefficient (Wildman–Crippen LogP) is 2.57. The summed E-state index contributed by atoms with van der Waals surface area (Å²) >= 11 is 1.52. The Morgan fingerprint density at radius 1 is 1.07 bits per heavy atom. The van der Waals surface area contributed by atoms with Crippen molar-refractivity contribution in [3.63, 3.8) is 0 Å². The van der Waals surface area contributed by atoms with Gasteiger partial charge in [0.2, 0.25) is 0 Å². The highest BCUT2D eigenvalue weighted by molar-refractivity contribution is 7.98. The summed E-state index contributed by atoms with van der Waals surface area (Å²) in [6.07, 6.45) is 1.91. The molecule has 0 aliphatic carbocycles. The maximum Gasteiger partial charge on any atom is 0.342 e. The van der Waals surface area contributed by atoms with Gasteiger partial charge in [-0.3, -0.25) is 9.59 Å². The van der Waals surface area contributed by atoms with Gasteiger partial charge in [-0.05, 0) is 48.7 Å². The van der Waals surface area contributed by atoms with Crippen molar-refractivity contribution >= 4 is 35.2 Å². The number of benzene rings is 2. The quantitative estimate of drug-likeness (QED) is 0.559. The number of nitrogens with one attached hydrogen (secondary N) is 2. The van der Waals surface area contributed by atoms with E-state index in [0.717, 1.165) is 4.90 Å². The first-order chi connectivity index (χ1) is 13.0. The maximum absolute atomic E-state index is 12.2. The molecule has 0 fully saturated rings. The van der Waals surface area contributed by atoms with Crippen LogP contribution in [-0.4, -0.2) is 44.8 Å². The van der Waals surface area contributed by atoms with Gasteiger partial charge in [-0.15, -0.1) is 11.8 Å². The summed E-state index contributed by atoms with van der Waals surface area (Å²) in [4.78, 5) is 36.6. The third-order valence-electron chi connectivity index (χ3n) is 3.62. The van der Waals surface area contributed by atoms with Crippen molar-refractivity contribution in [2.75, 3.05) is 32.3 Å².